The number of anilines is 1. The molecule has 2 aromatic rings. The van der Waals surface area contributed by atoms with Crippen LogP contribution in [0.2, 0.25) is 15.1 Å². The van der Waals surface area contributed by atoms with E-state index in [0.29, 0.717) is 0 Å². The van der Waals surface area contributed by atoms with Crippen LogP contribution in [0, 0.1) is 0 Å². The molecule has 1 atom stereocenters. The molecule has 0 radical (unpaired) electrons. The molecule has 1 N–H and O–H groups in total. The molecule has 2 aromatic carbocycles. The van der Waals surface area contributed by atoms with E-state index in [2.05, 4.69) is 15.3 Å². The Morgan fingerprint density at radius 1 is 1.23 bits per heavy atom. The van der Waals surface area contributed by atoms with Crippen molar-refractivity contribution in [2.75, 3.05) is 18.7 Å². The number of alkyl halides is 3. The van der Waals surface area contributed by atoms with Gasteiger partial charge in [-0.15, -0.1) is 0 Å². The van der Waals surface area contributed by atoms with Crippen LogP contribution in [0.1, 0.15) is 31.4 Å². The fourth-order valence-corrected chi connectivity index (χ4v) is 3.82. The van der Waals surface area contributed by atoms with E-state index in [-0.39, 0.29) is 44.0 Å². The summed E-state index contributed by atoms with van der Waals surface area (Å²) in [4.78, 5) is 27.6. The van der Waals surface area contributed by atoms with Crippen LogP contribution >= 0.6 is 34.8 Å². The van der Waals surface area contributed by atoms with Gasteiger partial charge >= 0.3 is 6.18 Å². The van der Waals surface area contributed by atoms with Crippen LogP contribution in [-0.4, -0.2) is 37.9 Å². The number of methoxy groups -OCH3 is 1. The van der Waals surface area contributed by atoms with Gasteiger partial charge in [0.15, 0.2) is 0 Å². The van der Waals surface area contributed by atoms with E-state index in [1.807, 2.05) is 6.92 Å². The molecule has 3 rings (SSSR count). The van der Waals surface area contributed by atoms with Gasteiger partial charge in [-0.2, -0.15) is 13.2 Å². The van der Waals surface area contributed by atoms with Crippen molar-refractivity contribution in [3.63, 3.8) is 0 Å². The minimum absolute atomic E-state index is 0.00833. The lowest BCUT2D eigenvalue weighted by molar-refractivity contribution is -0.275. The lowest BCUT2D eigenvalue weighted by Crippen LogP contribution is -2.42. The number of nitrogens with one attached hydrogen (secondary N) is 1. The van der Waals surface area contributed by atoms with Gasteiger partial charge in [0.25, 0.3) is 5.60 Å². The van der Waals surface area contributed by atoms with Crippen molar-refractivity contribution in [1.82, 2.24) is 5.43 Å². The molecule has 7 nitrogen and oxygen atoms in total. The van der Waals surface area contributed by atoms with E-state index < -0.39 is 24.1 Å². The Labute approximate surface area is 214 Å². The molecule has 13 heteroatoms. The first-order valence-electron chi connectivity index (χ1n) is 9.97. The molecule has 0 saturated carbocycles. The molecule has 0 bridgehead atoms. The summed E-state index contributed by atoms with van der Waals surface area (Å²) in [7, 11) is 1.68. The van der Waals surface area contributed by atoms with Crippen molar-refractivity contribution in [2.24, 2.45) is 5.16 Å². The summed E-state index contributed by atoms with van der Waals surface area (Å²) >= 11 is 17.9. The molecule has 35 heavy (non-hydrogen) atoms. The largest absolute Gasteiger partial charge is 0.435 e. The predicted molar refractivity (Wildman–Crippen MR) is 128 cm³/mol. The minimum atomic E-state index is -4.86. The highest BCUT2D eigenvalue weighted by Crippen LogP contribution is 2.50. The number of ether oxygens (including phenoxy) is 1. The zero-order valence-corrected chi connectivity index (χ0v) is 21.0. The summed E-state index contributed by atoms with van der Waals surface area (Å²) in [6.07, 6.45) is -5.28. The van der Waals surface area contributed by atoms with Gasteiger partial charge < -0.3 is 9.57 Å². The molecule has 0 saturated heterocycles. The van der Waals surface area contributed by atoms with Gasteiger partial charge in [-0.1, -0.05) is 46.0 Å². The summed E-state index contributed by atoms with van der Waals surface area (Å²) in [5.41, 5.74) is -0.736. The maximum absolute atomic E-state index is 14.1. The first-order chi connectivity index (χ1) is 16.4. The molecule has 1 aliphatic rings. The second-order valence-electron chi connectivity index (χ2n) is 7.13. The predicted octanol–water partition coefficient (Wildman–Crippen LogP) is 5.90. The lowest BCUT2D eigenvalue weighted by atomic mass is 9.86. The Balaban J connectivity index is 0.00000100. The number of nitrogens with zero attached hydrogens (tertiary/aromatic N) is 2. The van der Waals surface area contributed by atoms with E-state index in [0.717, 1.165) is 23.7 Å². The van der Waals surface area contributed by atoms with E-state index in [1.165, 1.54) is 31.2 Å². The number of carbonyl (C=O) groups is 2. The van der Waals surface area contributed by atoms with Crippen LogP contribution in [0.5, 0.6) is 0 Å². The molecule has 0 spiro atoms. The van der Waals surface area contributed by atoms with Crippen LogP contribution in [0.15, 0.2) is 41.6 Å². The number of hydrogen-bond donors (Lipinski definition) is 1. The van der Waals surface area contributed by atoms with Crippen LogP contribution in [0.3, 0.4) is 0 Å². The number of hydrogen-bond acceptors (Lipinski definition) is 5. The zero-order valence-electron chi connectivity index (χ0n) is 18.8. The van der Waals surface area contributed by atoms with Gasteiger partial charge in [-0.3, -0.25) is 15.0 Å². The van der Waals surface area contributed by atoms with Gasteiger partial charge in [0.05, 0.1) is 16.4 Å². The number of benzene rings is 2. The molecule has 0 aliphatic carbocycles. The standard InChI is InChI=1S/C19H13Cl3F3N3O3.C3H8O/c1-10(30)28(26-9-29)17-4-11(2-3-15(17)22)16-8-18(31-27-16,19(23,24)25)12-5-13(20)7-14(21)6-12;1-3-4-2/h2-7,9H,8H2,1H3,(H,26,29);3H2,1-2H3. The lowest BCUT2D eigenvalue weighted by Gasteiger charge is -2.29. The summed E-state index contributed by atoms with van der Waals surface area (Å²) < 4.78 is 46.9. The second-order valence-corrected chi connectivity index (χ2v) is 8.41. The topological polar surface area (TPSA) is 80.2 Å². The summed E-state index contributed by atoms with van der Waals surface area (Å²) in [6, 6.07) is 7.62. The highest BCUT2D eigenvalue weighted by molar-refractivity contribution is 6.35. The Morgan fingerprint density at radius 3 is 2.31 bits per heavy atom. The van der Waals surface area contributed by atoms with Gasteiger partial charge in [-0.25, -0.2) is 5.01 Å². The van der Waals surface area contributed by atoms with E-state index in [4.69, 9.17) is 39.6 Å². The fraction of sp³-hybridized carbons (Fsp3) is 0.318. The average Bonchev–Trinajstić information content (AvgIpc) is 3.24. The molecule has 1 heterocycles. The van der Waals surface area contributed by atoms with Crippen molar-refractivity contribution in [1.29, 1.82) is 0 Å². The van der Waals surface area contributed by atoms with Gasteiger partial charge in [0.1, 0.15) is 0 Å². The Bertz CT molecular complexity index is 1090. The average molecular weight is 555 g/mol. The molecule has 1 aliphatic heterocycles. The number of halogens is 6. The monoisotopic (exact) mass is 553 g/mol. The summed E-state index contributed by atoms with van der Waals surface area (Å²) in [6.45, 7) is 3.95. The summed E-state index contributed by atoms with van der Waals surface area (Å²) in [5.74, 6) is -0.575. The highest BCUT2D eigenvalue weighted by Gasteiger charge is 2.62. The maximum atomic E-state index is 14.1. The van der Waals surface area contributed by atoms with Gasteiger partial charge in [0.2, 0.25) is 12.3 Å². The Kier molecular flexibility index (Phi) is 9.79. The first-order valence-corrected chi connectivity index (χ1v) is 11.1. The fourth-order valence-electron chi connectivity index (χ4n) is 3.09. The van der Waals surface area contributed by atoms with E-state index in [9.17, 15) is 22.8 Å². The molecular weight excluding hydrogens is 534 g/mol. The first kappa shape index (κ1) is 28.7. The normalized spacial score (nSPS) is 17.0. The zero-order chi connectivity index (χ0) is 26.4. The Hall–Kier alpha value is -2.53. The minimum Gasteiger partial charge on any atom is -0.385 e. The quantitative estimate of drug-likeness (QED) is 0.356. The van der Waals surface area contributed by atoms with Gasteiger partial charge in [0, 0.05) is 48.2 Å². The number of oxime groups is 1. The second kappa shape index (κ2) is 11.9. The third-order valence-electron chi connectivity index (χ3n) is 4.82. The molecule has 0 aromatic heterocycles. The smallest absolute Gasteiger partial charge is 0.385 e. The SMILES string of the molecule is CC(=O)N(NC=O)c1cc(C2=NOC(c3cc(Cl)cc(Cl)c3)(C(F)(F)F)C2)ccc1Cl.CCOC. The molecule has 0 fully saturated rings. The Morgan fingerprint density at radius 2 is 1.83 bits per heavy atom. The van der Waals surface area contributed by atoms with Crippen LogP contribution in [0.25, 0.3) is 0 Å². The van der Waals surface area contributed by atoms with Crippen molar-refractivity contribution in [3.8, 4) is 0 Å². The third-order valence-corrected chi connectivity index (χ3v) is 5.58. The number of rotatable bonds is 6. The third kappa shape index (κ3) is 6.58. The molecule has 190 valence electrons. The number of carbonyl (C=O) groups excluding carboxylic acids is 2. The van der Waals surface area contributed by atoms with Crippen LogP contribution in [-0.2, 0) is 24.8 Å². The van der Waals surface area contributed by atoms with Crippen molar-refractivity contribution in [2.45, 2.75) is 32.0 Å². The van der Waals surface area contributed by atoms with E-state index >= 15 is 0 Å². The molecular formula is C22H21Cl3F3N3O4. The van der Waals surface area contributed by atoms with Crippen molar-refractivity contribution < 1.29 is 32.3 Å². The van der Waals surface area contributed by atoms with E-state index in [1.54, 1.807) is 7.11 Å². The van der Waals surface area contributed by atoms with Crippen LogP contribution < -0.4 is 10.4 Å². The van der Waals surface area contributed by atoms with Crippen molar-refractivity contribution >= 4 is 58.5 Å². The number of hydrazine groups is 1. The molecule has 2 amide bonds. The number of amides is 2. The molecule has 1 unspecified atom stereocenters. The van der Waals surface area contributed by atoms with Gasteiger partial charge in [-0.05, 0) is 37.3 Å². The summed E-state index contributed by atoms with van der Waals surface area (Å²) in [5, 5.41) is 4.60. The maximum Gasteiger partial charge on any atom is 0.435 e. The van der Waals surface area contributed by atoms with Crippen LogP contribution in [0.4, 0.5) is 18.9 Å². The highest BCUT2D eigenvalue weighted by atomic mass is 35.5. The van der Waals surface area contributed by atoms with Crippen molar-refractivity contribution in [3.05, 3.63) is 62.6 Å².